The molecule has 0 atom stereocenters. The molecular weight excluding hydrogens is 422 g/mol. The number of ether oxygens (including phenoxy) is 2. The first-order valence-corrected chi connectivity index (χ1v) is 10.0. The highest BCUT2D eigenvalue weighted by molar-refractivity contribution is 6.53. The molecule has 2 aromatic rings. The van der Waals surface area contributed by atoms with Crippen molar-refractivity contribution in [3.8, 4) is 5.75 Å². The standard InChI is InChI=1S/C22H20ClN3O5/c1-30-17-7-5-16(6-8-17)26-21(28)18(23)19(22(26)29)24-15-4-2-3-14(13-15)20(27)25-9-11-31-12-10-25/h2-8,13,24H,9-12H2,1H3. The number of halogens is 1. The molecule has 0 bridgehead atoms. The van der Waals surface area contributed by atoms with Gasteiger partial charge in [0, 0.05) is 24.3 Å². The van der Waals surface area contributed by atoms with Crippen molar-refractivity contribution < 1.29 is 23.9 Å². The predicted molar refractivity (Wildman–Crippen MR) is 115 cm³/mol. The minimum atomic E-state index is -0.625. The third-order valence-corrected chi connectivity index (χ3v) is 5.39. The van der Waals surface area contributed by atoms with Gasteiger partial charge in [0.2, 0.25) is 0 Å². The summed E-state index contributed by atoms with van der Waals surface area (Å²) in [6.07, 6.45) is 0. The van der Waals surface area contributed by atoms with Crippen molar-refractivity contribution in [3.63, 3.8) is 0 Å². The molecule has 0 unspecified atom stereocenters. The molecule has 1 N–H and O–H groups in total. The minimum Gasteiger partial charge on any atom is -0.497 e. The molecule has 160 valence electrons. The monoisotopic (exact) mass is 441 g/mol. The molecular formula is C22H20ClN3O5. The molecule has 2 heterocycles. The highest BCUT2D eigenvalue weighted by atomic mass is 35.5. The second-order valence-corrected chi connectivity index (χ2v) is 7.32. The Labute approximate surface area is 184 Å². The fraction of sp³-hybridized carbons (Fsp3) is 0.227. The molecule has 2 aliphatic rings. The van der Waals surface area contributed by atoms with Crippen molar-refractivity contribution in [1.82, 2.24) is 4.90 Å². The number of nitrogens with zero attached hydrogens (tertiary/aromatic N) is 2. The van der Waals surface area contributed by atoms with E-state index in [2.05, 4.69) is 5.32 Å². The average molecular weight is 442 g/mol. The van der Waals surface area contributed by atoms with E-state index in [1.165, 1.54) is 7.11 Å². The van der Waals surface area contributed by atoms with E-state index in [4.69, 9.17) is 21.1 Å². The van der Waals surface area contributed by atoms with Crippen LogP contribution in [-0.4, -0.2) is 56.0 Å². The fourth-order valence-electron chi connectivity index (χ4n) is 3.40. The predicted octanol–water partition coefficient (Wildman–Crippen LogP) is 2.60. The molecule has 0 saturated carbocycles. The van der Waals surface area contributed by atoms with Crippen LogP contribution < -0.4 is 15.0 Å². The molecule has 9 heteroatoms. The summed E-state index contributed by atoms with van der Waals surface area (Å²) >= 11 is 6.19. The van der Waals surface area contributed by atoms with Crippen LogP contribution in [0.4, 0.5) is 11.4 Å². The quantitative estimate of drug-likeness (QED) is 0.717. The van der Waals surface area contributed by atoms with Crippen LogP contribution in [0.15, 0.2) is 59.3 Å². The number of hydrogen-bond acceptors (Lipinski definition) is 6. The largest absolute Gasteiger partial charge is 0.497 e. The number of nitrogens with one attached hydrogen (secondary N) is 1. The first-order chi connectivity index (χ1) is 15.0. The lowest BCUT2D eigenvalue weighted by molar-refractivity contribution is -0.120. The van der Waals surface area contributed by atoms with Crippen molar-refractivity contribution in [1.29, 1.82) is 0 Å². The number of amides is 3. The van der Waals surface area contributed by atoms with Crippen LogP contribution >= 0.6 is 11.6 Å². The van der Waals surface area contributed by atoms with Gasteiger partial charge < -0.3 is 19.7 Å². The summed E-state index contributed by atoms with van der Waals surface area (Å²) in [5, 5.41) is 2.69. The summed E-state index contributed by atoms with van der Waals surface area (Å²) in [4.78, 5) is 41.0. The van der Waals surface area contributed by atoms with E-state index < -0.39 is 11.8 Å². The van der Waals surface area contributed by atoms with Gasteiger partial charge in [-0.25, -0.2) is 4.90 Å². The van der Waals surface area contributed by atoms with Gasteiger partial charge >= 0.3 is 0 Å². The maximum atomic E-state index is 12.9. The van der Waals surface area contributed by atoms with E-state index in [0.29, 0.717) is 49.0 Å². The second-order valence-electron chi connectivity index (χ2n) is 6.94. The summed E-state index contributed by atoms with van der Waals surface area (Å²) < 4.78 is 10.4. The molecule has 2 aliphatic heterocycles. The number of hydrogen-bond donors (Lipinski definition) is 1. The Bertz CT molecular complexity index is 1060. The number of carbonyl (C=O) groups excluding carboxylic acids is 3. The van der Waals surface area contributed by atoms with Gasteiger partial charge in [0.05, 0.1) is 26.0 Å². The summed E-state index contributed by atoms with van der Waals surface area (Å²) in [5.41, 5.74) is 1.28. The van der Waals surface area contributed by atoms with Crippen molar-refractivity contribution in [2.75, 3.05) is 43.6 Å². The Kier molecular flexibility index (Phi) is 5.92. The van der Waals surface area contributed by atoms with Crippen molar-refractivity contribution >= 4 is 40.7 Å². The highest BCUT2D eigenvalue weighted by Crippen LogP contribution is 2.31. The molecule has 2 aromatic carbocycles. The van der Waals surface area contributed by atoms with Gasteiger partial charge in [-0.05, 0) is 42.5 Å². The van der Waals surface area contributed by atoms with Gasteiger partial charge in [-0.1, -0.05) is 17.7 Å². The molecule has 1 fully saturated rings. The number of morpholine rings is 1. The number of benzene rings is 2. The zero-order valence-corrected chi connectivity index (χ0v) is 17.5. The Balaban J connectivity index is 1.54. The molecule has 4 rings (SSSR count). The van der Waals surface area contributed by atoms with Gasteiger partial charge in [0.1, 0.15) is 16.5 Å². The third-order valence-electron chi connectivity index (χ3n) is 5.04. The molecule has 3 amide bonds. The zero-order valence-electron chi connectivity index (χ0n) is 16.8. The Morgan fingerprint density at radius 3 is 2.45 bits per heavy atom. The highest BCUT2D eigenvalue weighted by Gasteiger charge is 2.39. The SMILES string of the molecule is COc1ccc(N2C(=O)C(Cl)=C(Nc3cccc(C(=O)N4CCOCC4)c3)C2=O)cc1. The summed E-state index contributed by atoms with van der Waals surface area (Å²) in [5.74, 6) is -0.729. The second kappa shape index (κ2) is 8.79. The normalized spacial score (nSPS) is 16.7. The van der Waals surface area contributed by atoms with Crippen LogP contribution in [-0.2, 0) is 14.3 Å². The van der Waals surface area contributed by atoms with Gasteiger partial charge in [-0.15, -0.1) is 0 Å². The smallest absolute Gasteiger partial charge is 0.283 e. The average Bonchev–Trinajstić information content (AvgIpc) is 3.02. The summed E-state index contributed by atoms with van der Waals surface area (Å²) in [7, 11) is 1.53. The first kappa shape index (κ1) is 20.9. The van der Waals surface area contributed by atoms with Gasteiger partial charge in [-0.2, -0.15) is 0 Å². The van der Waals surface area contributed by atoms with E-state index in [1.807, 2.05) is 0 Å². The molecule has 8 nitrogen and oxygen atoms in total. The number of methoxy groups -OCH3 is 1. The van der Waals surface area contributed by atoms with Gasteiger partial charge in [-0.3, -0.25) is 14.4 Å². The van der Waals surface area contributed by atoms with Crippen LogP contribution in [0.5, 0.6) is 5.75 Å². The van der Waals surface area contributed by atoms with Crippen LogP contribution in [0, 0.1) is 0 Å². The number of carbonyl (C=O) groups is 3. The Morgan fingerprint density at radius 1 is 1.06 bits per heavy atom. The van der Waals surface area contributed by atoms with Crippen LogP contribution in [0.2, 0.25) is 0 Å². The lowest BCUT2D eigenvalue weighted by Crippen LogP contribution is -2.40. The van der Waals surface area contributed by atoms with Gasteiger partial charge in [0.25, 0.3) is 17.7 Å². The molecule has 0 spiro atoms. The van der Waals surface area contributed by atoms with Crippen LogP contribution in [0.1, 0.15) is 10.4 Å². The zero-order chi connectivity index (χ0) is 22.0. The molecule has 1 saturated heterocycles. The molecule has 0 radical (unpaired) electrons. The van der Waals surface area contributed by atoms with Gasteiger partial charge in [0.15, 0.2) is 0 Å². The Morgan fingerprint density at radius 2 is 1.77 bits per heavy atom. The van der Waals surface area contributed by atoms with Crippen LogP contribution in [0.3, 0.4) is 0 Å². The third kappa shape index (κ3) is 4.12. The van der Waals surface area contributed by atoms with Crippen LogP contribution in [0.25, 0.3) is 0 Å². The number of imide groups is 1. The van der Waals surface area contributed by atoms with E-state index in [0.717, 1.165) is 4.90 Å². The lowest BCUT2D eigenvalue weighted by Gasteiger charge is -2.27. The molecule has 0 aromatic heterocycles. The van der Waals surface area contributed by atoms with E-state index in [9.17, 15) is 14.4 Å². The van der Waals surface area contributed by atoms with E-state index in [-0.39, 0.29) is 16.6 Å². The fourth-order valence-corrected chi connectivity index (χ4v) is 3.61. The van der Waals surface area contributed by atoms with Crippen molar-refractivity contribution in [3.05, 3.63) is 64.8 Å². The van der Waals surface area contributed by atoms with Crippen molar-refractivity contribution in [2.45, 2.75) is 0 Å². The first-order valence-electron chi connectivity index (χ1n) is 9.66. The Hall–Kier alpha value is -3.36. The summed E-state index contributed by atoms with van der Waals surface area (Å²) in [6, 6.07) is 13.2. The topological polar surface area (TPSA) is 88.2 Å². The van der Waals surface area contributed by atoms with E-state index >= 15 is 0 Å². The molecule has 0 aliphatic carbocycles. The lowest BCUT2D eigenvalue weighted by atomic mass is 10.1. The number of anilines is 2. The maximum Gasteiger partial charge on any atom is 0.283 e. The summed E-state index contributed by atoms with van der Waals surface area (Å²) in [6.45, 7) is 2.06. The van der Waals surface area contributed by atoms with E-state index in [1.54, 1.807) is 53.4 Å². The van der Waals surface area contributed by atoms with Crippen molar-refractivity contribution in [2.24, 2.45) is 0 Å². The molecule has 31 heavy (non-hydrogen) atoms. The maximum absolute atomic E-state index is 12.9. The number of rotatable bonds is 5. The minimum absolute atomic E-state index is 0.0431.